The number of thioether (sulfide) groups is 1. The Hall–Kier alpha value is -1.76. The fraction of sp³-hybridized carbons (Fsp3) is 0.588. The molecule has 7 heteroatoms. The highest BCUT2D eigenvalue weighted by molar-refractivity contribution is 7.99. The molecule has 2 aromatic rings. The van der Waals surface area contributed by atoms with E-state index in [0.29, 0.717) is 11.1 Å². The summed E-state index contributed by atoms with van der Waals surface area (Å²) in [5.74, 6) is 1.39. The van der Waals surface area contributed by atoms with Crippen LogP contribution in [-0.2, 0) is 4.79 Å². The van der Waals surface area contributed by atoms with Crippen molar-refractivity contribution in [2.75, 3.05) is 5.75 Å². The van der Waals surface area contributed by atoms with Gasteiger partial charge in [-0.25, -0.2) is 0 Å². The molecular weight excluding hydrogens is 326 g/mol. The van der Waals surface area contributed by atoms with Crippen molar-refractivity contribution < 1.29 is 13.6 Å². The Kier molecular flexibility index (Phi) is 7.36. The van der Waals surface area contributed by atoms with Crippen LogP contribution in [0.15, 0.2) is 26.4 Å². The topological polar surface area (TPSA) is 81.2 Å². The molecule has 24 heavy (non-hydrogen) atoms. The summed E-state index contributed by atoms with van der Waals surface area (Å²) in [7, 11) is 0. The van der Waals surface area contributed by atoms with Crippen LogP contribution in [0, 0.1) is 6.92 Å². The normalized spacial score (nSPS) is 12.3. The van der Waals surface area contributed by atoms with E-state index in [-0.39, 0.29) is 17.7 Å². The molecule has 0 aromatic carbocycles. The van der Waals surface area contributed by atoms with Crippen molar-refractivity contribution in [3.8, 4) is 11.5 Å². The Morgan fingerprint density at radius 2 is 2.17 bits per heavy atom. The monoisotopic (exact) mass is 351 g/mol. The Labute approximate surface area is 146 Å². The van der Waals surface area contributed by atoms with E-state index in [4.69, 9.17) is 8.83 Å². The highest BCUT2D eigenvalue weighted by atomic mass is 32.2. The summed E-state index contributed by atoms with van der Waals surface area (Å²) in [5, 5.41) is 11.3. The van der Waals surface area contributed by atoms with Crippen LogP contribution in [0.2, 0.25) is 0 Å². The molecule has 1 amide bonds. The number of rotatable bonds is 10. The number of carbonyl (C=O) groups is 1. The first-order valence-electron chi connectivity index (χ1n) is 8.40. The first-order valence-corrected chi connectivity index (χ1v) is 9.38. The fourth-order valence-electron chi connectivity index (χ4n) is 2.38. The van der Waals surface area contributed by atoms with Crippen LogP contribution < -0.4 is 5.32 Å². The minimum Gasteiger partial charge on any atom is -0.469 e. The highest BCUT2D eigenvalue weighted by Gasteiger charge is 2.15. The maximum Gasteiger partial charge on any atom is 0.277 e. The van der Waals surface area contributed by atoms with Gasteiger partial charge in [-0.05, 0) is 26.3 Å². The third kappa shape index (κ3) is 5.70. The smallest absolute Gasteiger partial charge is 0.277 e. The molecule has 2 heterocycles. The molecule has 2 rings (SSSR count). The van der Waals surface area contributed by atoms with Crippen LogP contribution in [0.3, 0.4) is 0 Å². The van der Waals surface area contributed by atoms with Gasteiger partial charge in [0.2, 0.25) is 5.91 Å². The third-order valence-electron chi connectivity index (χ3n) is 3.72. The summed E-state index contributed by atoms with van der Waals surface area (Å²) in [6.07, 6.45) is 7.45. The van der Waals surface area contributed by atoms with Gasteiger partial charge in [0.1, 0.15) is 5.76 Å². The second kappa shape index (κ2) is 9.52. The van der Waals surface area contributed by atoms with E-state index in [1.165, 1.54) is 31.0 Å². The van der Waals surface area contributed by atoms with Gasteiger partial charge >= 0.3 is 0 Å². The van der Waals surface area contributed by atoms with E-state index in [9.17, 15) is 4.79 Å². The van der Waals surface area contributed by atoms with Gasteiger partial charge in [0.25, 0.3) is 11.1 Å². The van der Waals surface area contributed by atoms with E-state index < -0.39 is 0 Å². The highest BCUT2D eigenvalue weighted by Crippen LogP contribution is 2.26. The number of carbonyl (C=O) groups excluding carboxylic acids is 1. The molecule has 0 unspecified atom stereocenters. The zero-order chi connectivity index (χ0) is 17.4. The molecule has 0 fully saturated rings. The van der Waals surface area contributed by atoms with Crippen molar-refractivity contribution in [1.82, 2.24) is 15.5 Å². The van der Waals surface area contributed by atoms with E-state index in [0.717, 1.165) is 24.2 Å². The maximum atomic E-state index is 12.0. The quantitative estimate of drug-likeness (QED) is 0.510. The van der Waals surface area contributed by atoms with Crippen molar-refractivity contribution in [3.05, 3.63) is 18.1 Å². The Balaban J connectivity index is 1.72. The first-order chi connectivity index (χ1) is 11.6. The van der Waals surface area contributed by atoms with Crippen molar-refractivity contribution in [3.63, 3.8) is 0 Å². The van der Waals surface area contributed by atoms with Crippen LogP contribution >= 0.6 is 11.8 Å². The molecule has 0 spiro atoms. The zero-order valence-corrected chi connectivity index (χ0v) is 15.3. The molecule has 1 N–H and O–H groups in total. The lowest BCUT2D eigenvalue weighted by molar-refractivity contribution is -0.119. The SMILES string of the molecule is CCCCCC[C@H](C)NC(=O)CSc1nnc(-c2ccoc2C)o1. The standard InChI is InChI=1S/C17H25N3O3S/c1-4-5-6-7-8-12(2)18-15(21)11-24-17-20-19-16(23-17)14-9-10-22-13(14)3/h9-10,12H,4-8,11H2,1-3H3,(H,18,21)/t12-/m0/s1. The zero-order valence-electron chi connectivity index (χ0n) is 14.5. The molecular formula is C17H25N3O3S. The molecule has 2 aromatic heterocycles. The number of amides is 1. The van der Waals surface area contributed by atoms with Gasteiger partial charge in [-0.15, -0.1) is 10.2 Å². The summed E-state index contributed by atoms with van der Waals surface area (Å²) in [6.45, 7) is 6.07. The van der Waals surface area contributed by atoms with Gasteiger partial charge in [-0.2, -0.15) is 0 Å². The Bertz CT molecular complexity index is 639. The Morgan fingerprint density at radius 1 is 1.33 bits per heavy atom. The molecule has 0 radical (unpaired) electrons. The van der Waals surface area contributed by atoms with Crippen LogP contribution in [0.25, 0.3) is 11.5 Å². The molecule has 1 atom stereocenters. The van der Waals surface area contributed by atoms with E-state index >= 15 is 0 Å². The summed E-state index contributed by atoms with van der Waals surface area (Å²) in [4.78, 5) is 12.0. The van der Waals surface area contributed by atoms with Crippen molar-refractivity contribution >= 4 is 17.7 Å². The first kappa shape index (κ1) is 18.6. The van der Waals surface area contributed by atoms with Crippen molar-refractivity contribution in [2.24, 2.45) is 0 Å². The molecule has 0 saturated carbocycles. The van der Waals surface area contributed by atoms with Gasteiger partial charge < -0.3 is 14.2 Å². The third-order valence-corrected chi connectivity index (χ3v) is 4.54. The lowest BCUT2D eigenvalue weighted by Gasteiger charge is -2.13. The summed E-state index contributed by atoms with van der Waals surface area (Å²) >= 11 is 1.24. The maximum absolute atomic E-state index is 12.0. The number of aromatic nitrogens is 2. The van der Waals surface area contributed by atoms with Gasteiger partial charge in [-0.1, -0.05) is 44.4 Å². The van der Waals surface area contributed by atoms with Crippen molar-refractivity contribution in [2.45, 2.75) is 64.1 Å². The van der Waals surface area contributed by atoms with Gasteiger partial charge in [0, 0.05) is 6.04 Å². The van der Waals surface area contributed by atoms with E-state index in [2.05, 4.69) is 22.4 Å². The van der Waals surface area contributed by atoms with Crippen LogP contribution in [-0.4, -0.2) is 27.9 Å². The summed E-state index contributed by atoms with van der Waals surface area (Å²) in [6, 6.07) is 1.98. The number of aryl methyl sites for hydroxylation is 1. The average molecular weight is 351 g/mol. The molecule has 0 saturated heterocycles. The molecule has 0 aliphatic rings. The second-order valence-corrected chi connectivity index (χ2v) is 6.80. The summed E-state index contributed by atoms with van der Waals surface area (Å²) < 4.78 is 10.8. The van der Waals surface area contributed by atoms with Gasteiger partial charge in [-0.3, -0.25) is 4.79 Å². The fourth-order valence-corrected chi connectivity index (χ4v) is 2.95. The number of furan rings is 1. The molecule has 0 aliphatic carbocycles. The lowest BCUT2D eigenvalue weighted by Crippen LogP contribution is -2.33. The number of hydrogen-bond donors (Lipinski definition) is 1. The molecule has 6 nitrogen and oxygen atoms in total. The number of hydrogen-bond acceptors (Lipinski definition) is 6. The minimum atomic E-state index is -0.0118. The number of nitrogens with one attached hydrogen (secondary N) is 1. The van der Waals surface area contributed by atoms with Crippen molar-refractivity contribution in [1.29, 1.82) is 0 Å². The predicted octanol–water partition coefficient (Wildman–Crippen LogP) is 4.21. The lowest BCUT2D eigenvalue weighted by atomic mass is 10.1. The average Bonchev–Trinajstić information content (AvgIpc) is 3.18. The molecule has 0 aliphatic heterocycles. The number of nitrogens with zero attached hydrogens (tertiary/aromatic N) is 2. The minimum absolute atomic E-state index is 0.0118. The van der Waals surface area contributed by atoms with Gasteiger partial charge in [0.05, 0.1) is 17.6 Å². The largest absolute Gasteiger partial charge is 0.469 e. The van der Waals surface area contributed by atoms with Crippen LogP contribution in [0.1, 0.15) is 51.7 Å². The molecule has 132 valence electrons. The predicted molar refractivity (Wildman–Crippen MR) is 93.8 cm³/mol. The summed E-state index contributed by atoms with van der Waals surface area (Å²) in [5.41, 5.74) is 0.777. The van der Waals surface area contributed by atoms with E-state index in [1.54, 1.807) is 12.3 Å². The van der Waals surface area contributed by atoms with Crippen LogP contribution in [0.5, 0.6) is 0 Å². The van der Waals surface area contributed by atoms with E-state index in [1.807, 2.05) is 13.8 Å². The second-order valence-electron chi connectivity index (χ2n) is 5.87. The van der Waals surface area contributed by atoms with Gasteiger partial charge in [0.15, 0.2) is 0 Å². The Morgan fingerprint density at radius 3 is 2.88 bits per heavy atom. The van der Waals surface area contributed by atoms with Crippen LogP contribution in [0.4, 0.5) is 0 Å². The number of unbranched alkanes of at least 4 members (excludes halogenated alkanes) is 3. The molecule has 0 bridgehead atoms.